The number of nitrogens with zero attached hydrogens (tertiary/aromatic N) is 8. The molecule has 0 aliphatic rings. The Balaban J connectivity index is 2.34. The highest BCUT2D eigenvalue weighted by Gasteiger charge is 2.26. The number of nitro groups is 2. The van der Waals surface area contributed by atoms with Crippen LogP contribution in [0.25, 0.3) is 0 Å². The molecule has 208 valence electrons. The zero-order valence-corrected chi connectivity index (χ0v) is 23.6. The molecule has 0 radical (unpaired) electrons. The number of rotatable bonds is 12. The summed E-state index contributed by atoms with van der Waals surface area (Å²) in [5.74, 6) is 0.284. The van der Waals surface area contributed by atoms with Gasteiger partial charge in [-0.25, -0.2) is 9.97 Å². The molecule has 0 aliphatic heterocycles. The Kier molecular flexibility index (Phi) is 12.4. The molecule has 0 spiro atoms. The summed E-state index contributed by atoms with van der Waals surface area (Å²) in [6, 6.07) is 6.82. The average molecular weight is 577 g/mol. The van der Waals surface area contributed by atoms with E-state index < -0.39 is 9.85 Å². The lowest BCUT2D eigenvalue weighted by Gasteiger charge is -2.23. The van der Waals surface area contributed by atoms with Gasteiger partial charge < -0.3 is 9.80 Å². The lowest BCUT2D eigenvalue weighted by atomic mass is 10.2. The fourth-order valence-corrected chi connectivity index (χ4v) is 3.95. The molecule has 0 amide bonds. The summed E-state index contributed by atoms with van der Waals surface area (Å²) < 4.78 is 0. The van der Waals surface area contributed by atoms with E-state index in [2.05, 4.69) is 20.0 Å². The standard InChI is InChI=1S/C25H30Cl2N8O4/c1-5-32(16-18-10-12-22(26)30-14-18)24(28-3)20(34(36)37)8-7-9-21(35(38)39)25(29-4)33(6-2)17-19-11-13-23(27)31-15-19/h8-15H,5-7,16-17H2,1-4H3/b20-8-,21-9-,28-24?,29-25?. The summed E-state index contributed by atoms with van der Waals surface area (Å²) in [4.78, 5) is 42.7. The monoisotopic (exact) mass is 576 g/mol. The number of pyridine rings is 2. The fourth-order valence-electron chi connectivity index (χ4n) is 3.73. The molecule has 39 heavy (non-hydrogen) atoms. The van der Waals surface area contributed by atoms with Crippen LogP contribution in [0.1, 0.15) is 31.4 Å². The summed E-state index contributed by atoms with van der Waals surface area (Å²) in [6.45, 7) is 5.16. The predicted octanol–water partition coefficient (Wildman–Crippen LogP) is 4.90. The van der Waals surface area contributed by atoms with Gasteiger partial charge in [0, 0.05) is 64.8 Å². The van der Waals surface area contributed by atoms with Crippen molar-refractivity contribution in [2.45, 2.75) is 33.4 Å². The van der Waals surface area contributed by atoms with Gasteiger partial charge >= 0.3 is 11.4 Å². The maximum Gasteiger partial charge on any atom is 0.307 e. The van der Waals surface area contributed by atoms with Crippen LogP contribution in [0.3, 0.4) is 0 Å². The number of halogens is 2. The van der Waals surface area contributed by atoms with Crippen molar-refractivity contribution in [2.75, 3.05) is 27.2 Å². The zero-order valence-electron chi connectivity index (χ0n) is 22.1. The van der Waals surface area contributed by atoms with Crippen LogP contribution in [0.5, 0.6) is 0 Å². The van der Waals surface area contributed by atoms with Crippen LogP contribution in [-0.4, -0.2) is 68.5 Å². The number of allylic oxidation sites excluding steroid dienone is 2. The van der Waals surface area contributed by atoms with Gasteiger partial charge in [0.15, 0.2) is 0 Å². The molecule has 2 aromatic heterocycles. The minimum atomic E-state index is -0.550. The Hall–Kier alpha value is -3.90. The molecule has 2 heterocycles. The molecular weight excluding hydrogens is 547 g/mol. The SMILES string of the molecule is CCN(Cc1ccc(Cl)nc1)C(=NC)/C(=C/C/C=C(/C(=NC)N(CC)Cc1ccc(Cl)nc1)[N+](=O)[O-])[N+](=O)[O-]. The van der Waals surface area contributed by atoms with Gasteiger partial charge in [0.25, 0.3) is 0 Å². The van der Waals surface area contributed by atoms with Gasteiger partial charge in [-0.05, 0) is 43.5 Å². The van der Waals surface area contributed by atoms with Crippen LogP contribution in [0.15, 0.2) is 70.2 Å². The van der Waals surface area contributed by atoms with Gasteiger partial charge in [0.2, 0.25) is 11.7 Å². The zero-order chi connectivity index (χ0) is 28.9. The van der Waals surface area contributed by atoms with E-state index in [0.29, 0.717) is 36.5 Å². The number of amidine groups is 2. The first kappa shape index (κ1) is 31.3. The molecule has 0 unspecified atom stereocenters. The molecule has 0 atom stereocenters. The fraction of sp³-hybridized carbons (Fsp3) is 0.360. The van der Waals surface area contributed by atoms with Crippen LogP contribution < -0.4 is 0 Å². The summed E-state index contributed by atoms with van der Waals surface area (Å²) >= 11 is 11.7. The molecule has 0 aliphatic carbocycles. The van der Waals surface area contributed by atoms with E-state index in [4.69, 9.17) is 23.2 Å². The Labute approximate surface area is 236 Å². The third-order valence-corrected chi connectivity index (χ3v) is 6.03. The first-order chi connectivity index (χ1) is 18.6. The minimum absolute atomic E-state index is 0.0925. The largest absolute Gasteiger partial charge is 0.347 e. The van der Waals surface area contributed by atoms with Crippen molar-refractivity contribution >= 4 is 34.9 Å². The van der Waals surface area contributed by atoms with E-state index in [1.54, 1.807) is 46.5 Å². The quantitative estimate of drug-likeness (QED) is 0.114. The number of hydrogen-bond donors (Lipinski definition) is 0. The highest BCUT2D eigenvalue weighted by Crippen LogP contribution is 2.16. The molecular formula is C25H30Cl2N8O4. The molecule has 2 rings (SSSR count). The van der Waals surface area contributed by atoms with Gasteiger partial charge in [0.1, 0.15) is 10.3 Å². The second-order valence-corrected chi connectivity index (χ2v) is 8.80. The van der Waals surface area contributed by atoms with Crippen LogP contribution in [-0.2, 0) is 13.1 Å². The highest BCUT2D eigenvalue weighted by molar-refractivity contribution is 6.29. The Morgan fingerprint density at radius 2 is 1.21 bits per heavy atom. The topological polar surface area (TPSA) is 143 Å². The third-order valence-electron chi connectivity index (χ3n) is 5.58. The average Bonchev–Trinajstić information content (AvgIpc) is 2.92. The third kappa shape index (κ3) is 9.11. The number of aromatic nitrogens is 2. The van der Waals surface area contributed by atoms with Gasteiger partial charge in [-0.1, -0.05) is 35.3 Å². The normalized spacial score (nSPS) is 12.9. The molecule has 0 N–H and O–H groups in total. The van der Waals surface area contributed by atoms with Crippen LogP contribution in [0.2, 0.25) is 10.3 Å². The first-order valence-corrected chi connectivity index (χ1v) is 12.7. The second-order valence-electron chi connectivity index (χ2n) is 8.03. The molecule has 2 aromatic rings. The smallest absolute Gasteiger partial charge is 0.307 e. The van der Waals surface area contributed by atoms with E-state index in [1.165, 1.54) is 26.2 Å². The molecule has 12 nitrogen and oxygen atoms in total. The number of likely N-dealkylation sites (N-methyl/N-ethyl adjacent to an activating group) is 2. The molecule has 0 saturated carbocycles. The summed E-state index contributed by atoms with van der Waals surface area (Å²) in [6.07, 6.45) is 5.70. The first-order valence-electron chi connectivity index (χ1n) is 12.0. The highest BCUT2D eigenvalue weighted by atomic mass is 35.5. The van der Waals surface area contributed by atoms with E-state index in [-0.39, 0.29) is 29.5 Å². The van der Waals surface area contributed by atoms with Crippen molar-refractivity contribution in [2.24, 2.45) is 9.98 Å². The van der Waals surface area contributed by atoms with Gasteiger partial charge in [0.05, 0.1) is 9.85 Å². The van der Waals surface area contributed by atoms with Gasteiger partial charge in [-0.15, -0.1) is 0 Å². The second kappa shape index (κ2) is 15.5. The maximum absolute atomic E-state index is 12.0. The molecule has 0 bridgehead atoms. The Morgan fingerprint density at radius 1 is 0.821 bits per heavy atom. The molecule has 0 saturated heterocycles. The Morgan fingerprint density at radius 3 is 1.46 bits per heavy atom. The number of hydrogen-bond acceptors (Lipinski definition) is 8. The summed E-state index contributed by atoms with van der Waals surface area (Å²) in [7, 11) is 2.92. The van der Waals surface area contributed by atoms with Crippen molar-refractivity contribution in [3.05, 3.63) is 102 Å². The van der Waals surface area contributed by atoms with Gasteiger partial charge in [-0.3, -0.25) is 30.2 Å². The van der Waals surface area contributed by atoms with Crippen molar-refractivity contribution < 1.29 is 9.85 Å². The predicted molar refractivity (Wildman–Crippen MR) is 152 cm³/mol. The maximum atomic E-state index is 12.0. The van der Waals surface area contributed by atoms with E-state index in [0.717, 1.165) is 11.1 Å². The van der Waals surface area contributed by atoms with Crippen LogP contribution in [0.4, 0.5) is 0 Å². The van der Waals surface area contributed by atoms with E-state index in [9.17, 15) is 20.2 Å². The van der Waals surface area contributed by atoms with Crippen molar-refractivity contribution in [1.29, 1.82) is 0 Å². The van der Waals surface area contributed by atoms with Crippen LogP contribution >= 0.6 is 23.2 Å². The van der Waals surface area contributed by atoms with Crippen molar-refractivity contribution in [3.8, 4) is 0 Å². The van der Waals surface area contributed by atoms with Crippen LogP contribution in [0, 0.1) is 20.2 Å². The minimum Gasteiger partial charge on any atom is -0.347 e. The van der Waals surface area contributed by atoms with Gasteiger partial charge in [-0.2, -0.15) is 0 Å². The van der Waals surface area contributed by atoms with Crippen molar-refractivity contribution in [3.63, 3.8) is 0 Å². The van der Waals surface area contributed by atoms with Crippen molar-refractivity contribution in [1.82, 2.24) is 19.8 Å². The molecule has 14 heteroatoms. The lowest BCUT2D eigenvalue weighted by molar-refractivity contribution is -0.417. The molecule has 0 aromatic carbocycles. The number of aliphatic imine (C=N–C) groups is 2. The summed E-state index contributed by atoms with van der Waals surface area (Å²) in [5.41, 5.74) is 1.05. The Bertz CT molecular complexity index is 1160. The van der Waals surface area contributed by atoms with E-state index in [1.807, 2.05) is 13.8 Å². The molecule has 0 fully saturated rings. The summed E-state index contributed by atoms with van der Waals surface area (Å²) in [5, 5.41) is 24.7. The van der Waals surface area contributed by atoms with E-state index >= 15 is 0 Å². The lowest BCUT2D eigenvalue weighted by Crippen LogP contribution is -2.34.